The summed E-state index contributed by atoms with van der Waals surface area (Å²) in [6, 6.07) is 28.6. The van der Waals surface area contributed by atoms with E-state index < -0.39 is 0 Å². The molecular formula is C28H17N3O2. The number of rotatable bonds is 3. The SMILES string of the molecule is c1ccc(N(c2ccc3oc4ccncc4c3c2)c2cccc3oc4ncccc4c23)cc1. The van der Waals surface area contributed by atoms with Crippen molar-refractivity contribution in [2.75, 3.05) is 4.90 Å². The maximum atomic E-state index is 6.07. The Balaban J connectivity index is 1.55. The van der Waals surface area contributed by atoms with Crippen molar-refractivity contribution in [1.29, 1.82) is 0 Å². The van der Waals surface area contributed by atoms with Crippen LogP contribution in [0.2, 0.25) is 0 Å². The van der Waals surface area contributed by atoms with E-state index in [9.17, 15) is 0 Å². The molecule has 0 aliphatic heterocycles. The molecule has 7 rings (SSSR count). The smallest absolute Gasteiger partial charge is 0.227 e. The second-order valence-electron chi connectivity index (χ2n) is 7.93. The lowest BCUT2D eigenvalue weighted by atomic mass is 10.1. The van der Waals surface area contributed by atoms with Gasteiger partial charge in [0.05, 0.1) is 16.5 Å². The molecule has 7 aromatic rings. The Hall–Kier alpha value is -4.64. The molecular weight excluding hydrogens is 410 g/mol. The number of hydrogen-bond acceptors (Lipinski definition) is 5. The highest BCUT2D eigenvalue weighted by Gasteiger charge is 2.20. The minimum atomic E-state index is 0.635. The van der Waals surface area contributed by atoms with E-state index in [-0.39, 0.29) is 0 Å². The number of nitrogens with zero attached hydrogens (tertiary/aromatic N) is 3. The standard InChI is InChI=1S/C28H17N3O2/c1-2-6-18(7-3-1)31(19-11-12-24-21(16-19)22-17-29-15-13-25(22)32-24)23-9-4-10-26-27(23)20-8-5-14-30-28(20)33-26/h1-17H. The summed E-state index contributed by atoms with van der Waals surface area (Å²) in [6.45, 7) is 0. The van der Waals surface area contributed by atoms with Crippen LogP contribution in [0.3, 0.4) is 0 Å². The van der Waals surface area contributed by atoms with Gasteiger partial charge in [-0.2, -0.15) is 0 Å². The summed E-state index contributed by atoms with van der Waals surface area (Å²) >= 11 is 0. The molecule has 0 spiro atoms. The second kappa shape index (κ2) is 6.93. The van der Waals surface area contributed by atoms with Crippen LogP contribution in [0, 0.1) is 0 Å². The van der Waals surface area contributed by atoms with Crippen LogP contribution in [0.5, 0.6) is 0 Å². The normalized spacial score (nSPS) is 11.6. The lowest BCUT2D eigenvalue weighted by Gasteiger charge is -2.26. The van der Waals surface area contributed by atoms with Gasteiger partial charge in [0.1, 0.15) is 16.7 Å². The first kappa shape index (κ1) is 18.0. The Morgan fingerprint density at radius 1 is 0.606 bits per heavy atom. The molecule has 4 heterocycles. The van der Waals surface area contributed by atoms with Crippen molar-refractivity contribution in [1.82, 2.24) is 9.97 Å². The number of furan rings is 2. The Kier molecular flexibility index (Phi) is 3.78. The summed E-state index contributed by atoms with van der Waals surface area (Å²) in [7, 11) is 0. The summed E-state index contributed by atoms with van der Waals surface area (Å²) in [5, 5.41) is 4.05. The third kappa shape index (κ3) is 2.72. The topological polar surface area (TPSA) is 55.3 Å². The summed E-state index contributed by atoms with van der Waals surface area (Å²) in [4.78, 5) is 11.0. The molecule has 5 nitrogen and oxygen atoms in total. The highest BCUT2D eigenvalue weighted by molar-refractivity contribution is 6.13. The van der Waals surface area contributed by atoms with Gasteiger partial charge in [-0.25, -0.2) is 4.98 Å². The number of anilines is 3. The van der Waals surface area contributed by atoms with Crippen LogP contribution in [0.25, 0.3) is 44.0 Å². The Morgan fingerprint density at radius 3 is 2.45 bits per heavy atom. The lowest BCUT2D eigenvalue weighted by molar-refractivity contribution is 0.654. The fourth-order valence-electron chi connectivity index (χ4n) is 4.58. The van der Waals surface area contributed by atoms with E-state index in [1.807, 2.05) is 54.7 Å². The molecule has 0 amide bonds. The number of hydrogen-bond donors (Lipinski definition) is 0. The molecule has 0 unspecified atom stereocenters. The average molecular weight is 427 g/mol. The molecule has 0 saturated carbocycles. The van der Waals surface area contributed by atoms with Crippen LogP contribution in [0.15, 0.2) is 112 Å². The molecule has 0 bridgehead atoms. The first-order chi connectivity index (χ1) is 16.4. The van der Waals surface area contributed by atoms with Crippen molar-refractivity contribution in [3.05, 3.63) is 104 Å². The van der Waals surface area contributed by atoms with Gasteiger partial charge < -0.3 is 13.7 Å². The van der Waals surface area contributed by atoms with Gasteiger partial charge in [0, 0.05) is 40.7 Å². The predicted octanol–water partition coefficient (Wildman–Crippen LogP) is 7.75. The van der Waals surface area contributed by atoms with E-state index in [1.165, 1.54) is 0 Å². The van der Waals surface area contributed by atoms with Crippen molar-refractivity contribution in [2.24, 2.45) is 0 Å². The van der Waals surface area contributed by atoms with Crippen LogP contribution >= 0.6 is 0 Å². The van der Waals surface area contributed by atoms with Crippen molar-refractivity contribution >= 4 is 61.1 Å². The maximum Gasteiger partial charge on any atom is 0.227 e. The van der Waals surface area contributed by atoms with Crippen molar-refractivity contribution in [3.8, 4) is 0 Å². The summed E-state index contributed by atoms with van der Waals surface area (Å²) in [5.41, 5.74) is 6.20. The van der Waals surface area contributed by atoms with E-state index in [0.717, 1.165) is 55.4 Å². The van der Waals surface area contributed by atoms with Gasteiger partial charge in [0.15, 0.2) is 0 Å². The molecule has 4 aromatic heterocycles. The first-order valence-corrected chi connectivity index (χ1v) is 10.7. The molecule has 33 heavy (non-hydrogen) atoms. The van der Waals surface area contributed by atoms with Gasteiger partial charge in [-0.05, 0) is 60.7 Å². The number of benzene rings is 3. The molecule has 0 aliphatic carbocycles. The van der Waals surface area contributed by atoms with E-state index in [4.69, 9.17) is 8.83 Å². The van der Waals surface area contributed by atoms with Crippen LogP contribution in [-0.2, 0) is 0 Å². The van der Waals surface area contributed by atoms with Gasteiger partial charge in [0.25, 0.3) is 0 Å². The van der Waals surface area contributed by atoms with Crippen LogP contribution in [0.4, 0.5) is 17.1 Å². The predicted molar refractivity (Wildman–Crippen MR) is 131 cm³/mol. The van der Waals surface area contributed by atoms with Crippen LogP contribution in [0.1, 0.15) is 0 Å². The average Bonchev–Trinajstić information content (AvgIpc) is 3.43. The third-order valence-corrected chi connectivity index (χ3v) is 6.02. The molecule has 3 aromatic carbocycles. The monoisotopic (exact) mass is 427 g/mol. The number of pyridine rings is 2. The molecule has 0 radical (unpaired) electrons. The first-order valence-electron chi connectivity index (χ1n) is 10.7. The number of fused-ring (bicyclic) bond motifs is 6. The molecule has 0 aliphatic rings. The van der Waals surface area contributed by atoms with Crippen LogP contribution < -0.4 is 4.90 Å². The van der Waals surface area contributed by atoms with Gasteiger partial charge in [-0.15, -0.1) is 0 Å². The molecule has 0 atom stereocenters. The van der Waals surface area contributed by atoms with Crippen molar-refractivity contribution in [2.45, 2.75) is 0 Å². The Labute approximate surface area is 188 Å². The van der Waals surface area contributed by atoms with E-state index in [2.05, 4.69) is 51.3 Å². The summed E-state index contributed by atoms with van der Waals surface area (Å²) < 4.78 is 12.1. The van der Waals surface area contributed by atoms with E-state index in [0.29, 0.717) is 5.71 Å². The van der Waals surface area contributed by atoms with E-state index >= 15 is 0 Å². The van der Waals surface area contributed by atoms with Gasteiger partial charge in [0.2, 0.25) is 5.71 Å². The lowest BCUT2D eigenvalue weighted by Crippen LogP contribution is -2.10. The van der Waals surface area contributed by atoms with Crippen molar-refractivity contribution in [3.63, 3.8) is 0 Å². The molecule has 0 fully saturated rings. The highest BCUT2D eigenvalue weighted by Crippen LogP contribution is 2.43. The highest BCUT2D eigenvalue weighted by atomic mass is 16.3. The zero-order valence-electron chi connectivity index (χ0n) is 17.5. The number of para-hydroxylation sites is 1. The second-order valence-corrected chi connectivity index (χ2v) is 7.93. The largest absolute Gasteiger partial charge is 0.456 e. The molecule has 0 saturated heterocycles. The quantitative estimate of drug-likeness (QED) is 0.289. The Morgan fingerprint density at radius 2 is 1.52 bits per heavy atom. The zero-order valence-corrected chi connectivity index (χ0v) is 17.5. The van der Waals surface area contributed by atoms with Crippen LogP contribution in [-0.4, -0.2) is 9.97 Å². The maximum absolute atomic E-state index is 6.07. The summed E-state index contributed by atoms with van der Waals surface area (Å²) in [6.07, 6.45) is 5.36. The number of aromatic nitrogens is 2. The Bertz CT molecular complexity index is 1780. The minimum Gasteiger partial charge on any atom is -0.456 e. The summed E-state index contributed by atoms with van der Waals surface area (Å²) in [5.74, 6) is 0. The molecule has 156 valence electrons. The zero-order chi connectivity index (χ0) is 21.8. The van der Waals surface area contributed by atoms with Crippen molar-refractivity contribution < 1.29 is 8.83 Å². The third-order valence-electron chi connectivity index (χ3n) is 6.02. The fourth-order valence-corrected chi connectivity index (χ4v) is 4.58. The van der Waals surface area contributed by atoms with Gasteiger partial charge in [-0.3, -0.25) is 4.98 Å². The van der Waals surface area contributed by atoms with Gasteiger partial charge >= 0.3 is 0 Å². The molecule has 0 N–H and O–H groups in total. The van der Waals surface area contributed by atoms with Gasteiger partial charge in [-0.1, -0.05) is 24.3 Å². The fraction of sp³-hybridized carbons (Fsp3) is 0. The minimum absolute atomic E-state index is 0.635. The van der Waals surface area contributed by atoms with E-state index in [1.54, 1.807) is 12.4 Å². The molecule has 5 heteroatoms.